The number of carbonyl (C=O) groups is 1. The van der Waals surface area contributed by atoms with Crippen molar-refractivity contribution in [1.29, 1.82) is 0 Å². The highest BCUT2D eigenvalue weighted by Gasteiger charge is 2.73. The third kappa shape index (κ3) is 4.96. The van der Waals surface area contributed by atoms with Gasteiger partial charge in [0.05, 0.1) is 29.8 Å². The summed E-state index contributed by atoms with van der Waals surface area (Å²) in [6, 6.07) is 1.58. The van der Waals surface area contributed by atoms with E-state index in [1.807, 2.05) is 33.8 Å². The molecule has 1 saturated heterocycles. The number of phenols is 1. The topological polar surface area (TPSA) is 197 Å². The summed E-state index contributed by atoms with van der Waals surface area (Å²) in [7, 11) is 0. The Morgan fingerprint density at radius 2 is 1.78 bits per heavy atom. The molecule has 1 aromatic carbocycles. The molecule has 1 aliphatic heterocycles. The Morgan fingerprint density at radius 3 is 2.39 bits per heavy atom. The van der Waals surface area contributed by atoms with Crippen molar-refractivity contribution in [3.05, 3.63) is 34.4 Å². The van der Waals surface area contributed by atoms with E-state index < -0.39 is 77.3 Å². The van der Waals surface area contributed by atoms with Crippen molar-refractivity contribution < 1.29 is 55.1 Å². The second-order valence-corrected chi connectivity index (χ2v) is 15.4. The molecule has 11 heteroatoms. The number of allylic oxidation sites excluding steroid dienone is 1. The number of benzene rings is 1. The van der Waals surface area contributed by atoms with Crippen LogP contribution in [-0.4, -0.2) is 102 Å². The standard InChI is InChI=1S/C35H52O11/c1-16(2)8-11-24(38)35(7,44)30-20(37)13-32(4)23-10-9-18-17(3)26(40)21(12-19(18)34(23,6)25(39)14-33(30,32)5)45-31-29(43)28(42)27(41)22(15-36)46-31/h8,12,20,22-24,27-31,36-38,40-44H,9-11,13-15H2,1-7H3/t20-,22-,23-,24+,27-,28+,29-,30+,31-,32+,33-,34+,35+/m1/s1. The van der Waals surface area contributed by atoms with Gasteiger partial charge in [-0.2, -0.15) is 0 Å². The molecule has 0 aromatic heterocycles. The molecule has 2 saturated carbocycles. The molecule has 3 fully saturated rings. The fourth-order valence-corrected chi connectivity index (χ4v) is 9.81. The zero-order valence-corrected chi connectivity index (χ0v) is 27.9. The summed E-state index contributed by atoms with van der Waals surface area (Å²) in [5.74, 6) is -1.42. The van der Waals surface area contributed by atoms with Crippen LogP contribution in [0, 0.1) is 29.6 Å². The Labute approximate surface area is 270 Å². The smallest absolute Gasteiger partial charge is 0.229 e. The van der Waals surface area contributed by atoms with Crippen LogP contribution < -0.4 is 4.74 Å². The lowest BCUT2D eigenvalue weighted by Crippen LogP contribution is -2.64. The number of hydrogen-bond acceptors (Lipinski definition) is 11. The number of aliphatic hydroxyl groups excluding tert-OH is 6. The number of phenolic OH excluding ortho intramolecular Hbond substituents is 1. The van der Waals surface area contributed by atoms with Crippen LogP contribution in [-0.2, 0) is 21.4 Å². The zero-order valence-electron chi connectivity index (χ0n) is 27.9. The van der Waals surface area contributed by atoms with Gasteiger partial charge >= 0.3 is 0 Å². The summed E-state index contributed by atoms with van der Waals surface area (Å²) in [5.41, 5.74) is -1.25. The fourth-order valence-electron chi connectivity index (χ4n) is 9.81. The number of rotatable bonds is 7. The minimum atomic E-state index is -1.69. The first kappa shape index (κ1) is 35.2. The lowest BCUT2D eigenvalue weighted by molar-refractivity contribution is -0.277. The molecule has 46 heavy (non-hydrogen) atoms. The molecule has 4 aliphatic rings. The summed E-state index contributed by atoms with van der Waals surface area (Å²) < 4.78 is 11.4. The van der Waals surface area contributed by atoms with Gasteiger partial charge in [0, 0.05) is 12.3 Å². The normalized spacial score (nSPS) is 42.3. The van der Waals surface area contributed by atoms with Gasteiger partial charge in [-0.3, -0.25) is 4.79 Å². The van der Waals surface area contributed by atoms with Gasteiger partial charge in [-0.15, -0.1) is 0 Å². The van der Waals surface area contributed by atoms with Crippen molar-refractivity contribution in [3.8, 4) is 11.5 Å². The van der Waals surface area contributed by atoms with E-state index in [9.17, 15) is 45.6 Å². The quantitative estimate of drug-likeness (QED) is 0.200. The Hall–Kier alpha value is -2.09. The summed E-state index contributed by atoms with van der Waals surface area (Å²) in [4.78, 5) is 14.6. The molecule has 0 spiro atoms. The summed E-state index contributed by atoms with van der Waals surface area (Å²) in [5, 5.41) is 86.6. The summed E-state index contributed by atoms with van der Waals surface area (Å²) >= 11 is 0. The lowest BCUT2D eigenvalue weighted by atomic mass is 9.41. The minimum Gasteiger partial charge on any atom is -0.504 e. The molecular formula is C35H52O11. The molecule has 258 valence electrons. The summed E-state index contributed by atoms with van der Waals surface area (Å²) in [6.07, 6.45) is -6.21. The predicted molar refractivity (Wildman–Crippen MR) is 167 cm³/mol. The van der Waals surface area contributed by atoms with Crippen LogP contribution in [0.5, 0.6) is 11.5 Å². The maximum Gasteiger partial charge on any atom is 0.229 e. The number of ether oxygens (including phenoxy) is 2. The van der Waals surface area contributed by atoms with Crippen LogP contribution >= 0.6 is 0 Å². The largest absolute Gasteiger partial charge is 0.504 e. The van der Waals surface area contributed by atoms with Gasteiger partial charge in [-0.05, 0) is 99.8 Å². The Balaban J connectivity index is 1.55. The minimum absolute atomic E-state index is 0.0476. The van der Waals surface area contributed by atoms with Crippen molar-refractivity contribution in [2.45, 2.75) is 135 Å². The average Bonchev–Trinajstić information content (AvgIpc) is 3.19. The molecule has 3 aliphatic carbocycles. The van der Waals surface area contributed by atoms with Crippen LogP contribution in [0.4, 0.5) is 0 Å². The van der Waals surface area contributed by atoms with Gasteiger partial charge < -0.3 is 50.3 Å². The highest BCUT2D eigenvalue weighted by Crippen LogP contribution is 2.72. The van der Waals surface area contributed by atoms with Crippen LogP contribution in [0.3, 0.4) is 0 Å². The molecule has 8 N–H and O–H groups in total. The third-order valence-corrected chi connectivity index (χ3v) is 12.6. The molecule has 0 radical (unpaired) electrons. The number of ketones is 1. The fraction of sp³-hybridized carbons (Fsp3) is 0.743. The number of carbonyl (C=O) groups excluding carboxylic acids is 1. The summed E-state index contributed by atoms with van der Waals surface area (Å²) in [6.45, 7) is 12.4. The van der Waals surface area contributed by atoms with E-state index in [-0.39, 0.29) is 36.0 Å². The van der Waals surface area contributed by atoms with Gasteiger partial charge in [0.25, 0.3) is 0 Å². The molecule has 0 unspecified atom stereocenters. The first-order valence-corrected chi connectivity index (χ1v) is 16.4. The van der Waals surface area contributed by atoms with Crippen molar-refractivity contribution in [2.24, 2.45) is 22.7 Å². The van der Waals surface area contributed by atoms with E-state index in [2.05, 4.69) is 6.92 Å². The Bertz CT molecular complexity index is 1380. The van der Waals surface area contributed by atoms with E-state index in [4.69, 9.17) is 9.47 Å². The first-order valence-electron chi connectivity index (χ1n) is 16.4. The molecule has 1 aromatic rings. The van der Waals surface area contributed by atoms with Crippen molar-refractivity contribution in [3.63, 3.8) is 0 Å². The van der Waals surface area contributed by atoms with Crippen LogP contribution in [0.2, 0.25) is 0 Å². The maximum absolute atomic E-state index is 14.6. The lowest BCUT2D eigenvalue weighted by Gasteiger charge is -2.62. The van der Waals surface area contributed by atoms with E-state index in [0.29, 0.717) is 30.4 Å². The monoisotopic (exact) mass is 648 g/mol. The molecule has 0 bridgehead atoms. The highest BCUT2D eigenvalue weighted by molar-refractivity contribution is 5.93. The van der Waals surface area contributed by atoms with Gasteiger partial charge in [0.1, 0.15) is 30.2 Å². The average molecular weight is 649 g/mol. The van der Waals surface area contributed by atoms with E-state index in [0.717, 1.165) is 11.1 Å². The van der Waals surface area contributed by atoms with E-state index in [1.54, 1.807) is 19.9 Å². The van der Waals surface area contributed by atoms with Crippen LogP contribution in [0.25, 0.3) is 0 Å². The third-order valence-electron chi connectivity index (χ3n) is 12.6. The molecular weight excluding hydrogens is 596 g/mol. The first-order chi connectivity index (χ1) is 21.3. The number of fused-ring (bicyclic) bond motifs is 5. The van der Waals surface area contributed by atoms with Crippen LogP contribution in [0.1, 0.15) is 83.9 Å². The van der Waals surface area contributed by atoms with Crippen molar-refractivity contribution >= 4 is 5.78 Å². The molecule has 13 atom stereocenters. The maximum atomic E-state index is 14.6. The molecule has 1 heterocycles. The number of hydrogen-bond donors (Lipinski definition) is 8. The number of Topliss-reactive ketones (excluding diaryl/α,β-unsaturated/α-hetero) is 1. The number of aromatic hydroxyl groups is 1. The van der Waals surface area contributed by atoms with E-state index in [1.165, 1.54) is 0 Å². The predicted octanol–water partition coefficient (Wildman–Crippen LogP) is 1.53. The van der Waals surface area contributed by atoms with Gasteiger partial charge in [0.2, 0.25) is 6.29 Å². The van der Waals surface area contributed by atoms with Gasteiger partial charge in [-0.1, -0.05) is 25.5 Å². The van der Waals surface area contributed by atoms with E-state index >= 15 is 0 Å². The van der Waals surface area contributed by atoms with Gasteiger partial charge in [0.15, 0.2) is 11.5 Å². The second kappa shape index (κ2) is 11.8. The number of aliphatic hydroxyl groups is 7. The zero-order chi connectivity index (χ0) is 34.3. The Morgan fingerprint density at radius 1 is 1.13 bits per heavy atom. The second-order valence-electron chi connectivity index (χ2n) is 15.4. The van der Waals surface area contributed by atoms with Crippen molar-refractivity contribution in [1.82, 2.24) is 0 Å². The van der Waals surface area contributed by atoms with Crippen molar-refractivity contribution in [2.75, 3.05) is 6.61 Å². The molecule has 0 amide bonds. The Kier molecular flexibility index (Phi) is 9.04. The molecule has 5 rings (SSSR count). The molecule has 11 nitrogen and oxygen atoms in total. The highest BCUT2D eigenvalue weighted by atomic mass is 16.7. The van der Waals surface area contributed by atoms with Gasteiger partial charge in [-0.25, -0.2) is 0 Å². The van der Waals surface area contributed by atoms with Crippen LogP contribution in [0.15, 0.2) is 17.7 Å². The SMILES string of the molecule is CC(C)=CC[C@H](O)[C@](C)(O)[C@H]1[C@H](O)C[C@@]2(C)[C@H]3CCc4c(cc(O[C@@H]5O[C@H](CO)[C@@H](O)[C@H](O)[C@H]5O)c(O)c4C)[C@]3(C)C(=O)C[C@]12C.